The Hall–Kier alpha value is -3.69. The van der Waals surface area contributed by atoms with Crippen molar-refractivity contribution in [3.63, 3.8) is 0 Å². The number of ether oxygens (including phenoxy) is 1. The second kappa shape index (κ2) is 8.21. The van der Waals surface area contributed by atoms with Crippen molar-refractivity contribution >= 4 is 50.1 Å². The molecule has 4 aromatic rings. The lowest BCUT2D eigenvalue weighted by molar-refractivity contribution is -0.144. The minimum atomic E-state index is -4.86. The van der Waals surface area contributed by atoms with Crippen LogP contribution in [0.3, 0.4) is 0 Å². The Morgan fingerprint density at radius 1 is 1.23 bits per heavy atom. The molecular weight excluding hydrogens is 496 g/mol. The zero-order valence-corrected chi connectivity index (χ0v) is 18.2. The highest BCUT2D eigenvalue weighted by Crippen LogP contribution is 2.33. The number of anilines is 2. The topological polar surface area (TPSA) is 147 Å². The number of amides is 1. The van der Waals surface area contributed by atoms with Crippen molar-refractivity contribution in [1.82, 2.24) is 19.3 Å². The van der Waals surface area contributed by atoms with Gasteiger partial charge in [-0.25, -0.2) is 9.37 Å². The van der Waals surface area contributed by atoms with E-state index in [1.807, 2.05) is 0 Å². The Morgan fingerprint density at radius 3 is 2.74 bits per heavy atom. The van der Waals surface area contributed by atoms with Gasteiger partial charge in [-0.3, -0.25) is 14.5 Å². The van der Waals surface area contributed by atoms with Gasteiger partial charge in [-0.05, 0) is 35.8 Å². The number of halogens is 4. The minimum Gasteiger partial charge on any atom is -0.382 e. The zero-order chi connectivity index (χ0) is 25.1. The molecule has 0 aliphatic carbocycles. The van der Waals surface area contributed by atoms with E-state index in [1.165, 1.54) is 6.07 Å². The number of nitrogens with one attached hydrogen (secondary N) is 1. The van der Waals surface area contributed by atoms with Gasteiger partial charge in [-0.15, -0.1) is 0 Å². The summed E-state index contributed by atoms with van der Waals surface area (Å²) in [5.41, 5.74) is 3.95. The number of nitrogen functional groups attached to an aromatic ring is 1. The van der Waals surface area contributed by atoms with Crippen molar-refractivity contribution in [2.24, 2.45) is 0 Å². The Labute approximate surface area is 196 Å². The number of hydrogen-bond donors (Lipinski definition) is 3. The van der Waals surface area contributed by atoms with Crippen molar-refractivity contribution < 1.29 is 32.2 Å². The van der Waals surface area contributed by atoms with Gasteiger partial charge >= 0.3 is 6.18 Å². The first kappa shape index (κ1) is 23.1. The monoisotopic (exact) mass is 510 g/mol. The standard InChI is InChI=1S/C20H14F4N6O4S/c21-8-2-4-10(20(22,23)24)27-17(8)30-5-6-34-13(19(30)33)12(31)16-26-9-3-1-7-14(35-29-15(7)25)11(9)18(32)28-16/h1-4,12-13,31H,5-6H2,(H2,25,29)(H,26,28,32)/t12?,13-/m1/s1. The number of fused-ring (bicyclic) bond motifs is 3. The smallest absolute Gasteiger partial charge is 0.382 e. The maximum absolute atomic E-state index is 14.3. The highest BCUT2D eigenvalue weighted by molar-refractivity contribution is 7.14. The molecule has 5 rings (SSSR count). The van der Waals surface area contributed by atoms with Gasteiger partial charge in [0, 0.05) is 5.39 Å². The number of aromatic amines is 1. The summed E-state index contributed by atoms with van der Waals surface area (Å²) in [4.78, 5) is 36.2. The molecule has 1 unspecified atom stereocenters. The molecule has 3 aromatic heterocycles. The van der Waals surface area contributed by atoms with E-state index < -0.39 is 47.2 Å². The number of hydrogen-bond acceptors (Lipinski definition) is 9. The number of rotatable bonds is 3. The normalized spacial score (nSPS) is 17.9. The van der Waals surface area contributed by atoms with Crippen molar-refractivity contribution in [2.45, 2.75) is 18.4 Å². The Balaban J connectivity index is 1.50. The van der Waals surface area contributed by atoms with Crippen LogP contribution in [-0.2, 0) is 15.7 Å². The molecule has 35 heavy (non-hydrogen) atoms. The van der Waals surface area contributed by atoms with Crippen LogP contribution in [0.4, 0.5) is 29.2 Å². The molecule has 0 saturated carbocycles. The van der Waals surface area contributed by atoms with Crippen LogP contribution >= 0.6 is 11.5 Å². The van der Waals surface area contributed by atoms with Crippen LogP contribution in [0.15, 0.2) is 29.1 Å². The van der Waals surface area contributed by atoms with Gasteiger partial charge < -0.3 is 20.6 Å². The lowest BCUT2D eigenvalue weighted by atomic mass is 10.1. The molecule has 1 amide bonds. The SMILES string of the molecule is Nc1nsc2c1ccc1[nH]c(C(O)[C@H]3OCCN(c4nc(C(F)(F)F)ccc4F)C3=O)nc(=O)c12. The molecule has 1 aromatic carbocycles. The van der Waals surface area contributed by atoms with E-state index in [1.54, 1.807) is 6.07 Å². The third-order valence-electron chi connectivity index (χ3n) is 5.43. The van der Waals surface area contributed by atoms with Crippen LogP contribution in [0.25, 0.3) is 21.0 Å². The molecule has 182 valence electrons. The van der Waals surface area contributed by atoms with E-state index in [0.29, 0.717) is 27.1 Å². The minimum absolute atomic E-state index is 0.181. The van der Waals surface area contributed by atoms with Crippen LogP contribution < -0.4 is 16.2 Å². The fourth-order valence-corrected chi connectivity index (χ4v) is 4.62. The van der Waals surface area contributed by atoms with Crippen LogP contribution in [0.1, 0.15) is 17.6 Å². The number of pyridine rings is 1. The lowest BCUT2D eigenvalue weighted by Gasteiger charge is -2.33. The quantitative estimate of drug-likeness (QED) is 0.355. The van der Waals surface area contributed by atoms with E-state index in [9.17, 15) is 32.3 Å². The summed E-state index contributed by atoms with van der Waals surface area (Å²) in [6.07, 6.45) is -8.37. The summed E-state index contributed by atoms with van der Waals surface area (Å²) < 4.78 is 63.3. The number of H-pyrrole nitrogens is 1. The predicted octanol–water partition coefficient (Wildman–Crippen LogP) is 2.13. The second-order valence-electron chi connectivity index (χ2n) is 7.59. The molecule has 10 nitrogen and oxygen atoms in total. The Bertz CT molecular complexity index is 1540. The fraction of sp³-hybridized carbons (Fsp3) is 0.250. The number of aliphatic hydroxyl groups excluding tert-OH is 1. The van der Waals surface area contributed by atoms with Crippen LogP contribution in [-0.4, -0.2) is 49.6 Å². The molecule has 0 radical (unpaired) electrons. The summed E-state index contributed by atoms with van der Waals surface area (Å²) in [7, 11) is 0. The maximum Gasteiger partial charge on any atom is 0.433 e. The molecule has 2 atom stereocenters. The summed E-state index contributed by atoms with van der Waals surface area (Å²) in [6.45, 7) is -0.552. The number of alkyl halides is 3. The maximum atomic E-state index is 14.3. The van der Waals surface area contributed by atoms with Gasteiger partial charge in [0.2, 0.25) is 0 Å². The van der Waals surface area contributed by atoms with Crippen LogP contribution in [0.2, 0.25) is 0 Å². The van der Waals surface area contributed by atoms with E-state index in [2.05, 4.69) is 19.3 Å². The number of nitrogens with two attached hydrogens (primary N) is 1. The molecule has 0 spiro atoms. The fourth-order valence-electron chi connectivity index (χ4n) is 3.78. The third-order valence-corrected chi connectivity index (χ3v) is 6.32. The molecule has 0 bridgehead atoms. The third kappa shape index (κ3) is 3.86. The molecule has 1 saturated heterocycles. The first-order valence-corrected chi connectivity index (χ1v) is 10.8. The van der Waals surface area contributed by atoms with Gasteiger partial charge in [0.05, 0.1) is 28.8 Å². The molecule has 15 heteroatoms. The Kier molecular flexibility index (Phi) is 5.41. The first-order valence-electron chi connectivity index (χ1n) is 9.99. The van der Waals surface area contributed by atoms with Crippen LogP contribution in [0.5, 0.6) is 0 Å². The number of carbonyl (C=O) groups excluding carboxylic acids is 1. The zero-order valence-electron chi connectivity index (χ0n) is 17.3. The molecule has 4 heterocycles. The van der Waals surface area contributed by atoms with E-state index in [4.69, 9.17) is 10.5 Å². The molecule has 4 N–H and O–H groups in total. The number of nitrogens with zero attached hydrogens (tertiary/aromatic N) is 4. The number of carbonyl (C=O) groups is 1. The van der Waals surface area contributed by atoms with E-state index in [-0.39, 0.29) is 35.7 Å². The lowest BCUT2D eigenvalue weighted by Crippen LogP contribution is -2.51. The predicted molar refractivity (Wildman–Crippen MR) is 116 cm³/mol. The van der Waals surface area contributed by atoms with Gasteiger partial charge in [-0.1, -0.05) is 0 Å². The molecule has 1 fully saturated rings. The average molecular weight is 510 g/mol. The van der Waals surface area contributed by atoms with Crippen molar-refractivity contribution in [3.05, 3.63) is 52.0 Å². The summed E-state index contributed by atoms with van der Waals surface area (Å²) in [5.74, 6) is -3.14. The summed E-state index contributed by atoms with van der Waals surface area (Å²) >= 11 is 0.997. The van der Waals surface area contributed by atoms with Crippen molar-refractivity contribution in [3.8, 4) is 0 Å². The van der Waals surface area contributed by atoms with E-state index >= 15 is 0 Å². The number of benzene rings is 1. The van der Waals surface area contributed by atoms with Gasteiger partial charge in [0.25, 0.3) is 11.5 Å². The molecule has 1 aliphatic rings. The first-order chi connectivity index (χ1) is 16.6. The number of aliphatic hydroxyl groups is 1. The van der Waals surface area contributed by atoms with E-state index in [0.717, 1.165) is 11.5 Å². The highest BCUT2D eigenvalue weighted by Gasteiger charge is 2.41. The largest absolute Gasteiger partial charge is 0.433 e. The van der Waals surface area contributed by atoms with Gasteiger partial charge in [0.1, 0.15) is 23.4 Å². The van der Waals surface area contributed by atoms with Crippen molar-refractivity contribution in [1.29, 1.82) is 0 Å². The van der Waals surface area contributed by atoms with Crippen molar-refractivity contribution in [2.75, 3.05) is 23.8 Å². The number of morpholine rings is 1. The van der Waals surface area contributed by atoms with Gasteiger partial charge in [-0.2, -0.15) is 22.5 Å². The summed E-state index contributed by atoms with van der Waals surface area (Å²) in [6, 6.07) is 4.15. The van der Waals surface area contributed by atoms with Crippen LogP contribution in [0, 0.1) is 5.82 Å². The Morgan fingerprint density at radius 2 is 2.00 bits per heavy atom. The summed E-state index contributed by atoms with van der Waals surface area (Å²) in [5, 5.41) is 11.5. The highest BCUT2D eigenvalue weighted by atomic mass is 32.1. The average Bonchev–Trinajstić information content (AvgIpc) is 3.19. The molecule has 1 aliphatic heterocycles. The number of aromatic nitrogens is 4. The second-order valence-corrected chi connectivity index (χ2v) is 8.36. The van der Waals surface area contributed by atoms with Gasteiger partial charge in [0.15, 0.2) is 17.7 Å². The molecular formula is C20H14F4N6O4S.